The predicted octanol–water partition coefficient (Wildman–Crippen LogP) is 2.15. The lowest BCUT2D eigenvalue weighted by molar-refractivity contribution is 0.359. The predicted molar refractivity (Wildman–Crippen MR) is 50.8 cm³/mol. The highest BCUT2D eigenvalue weighted by atomic mass is 35.5. The fourth-order valence-electron chi connectivity index (χ4n) is 1.14. The Morgan fingerprint density at radius 2 is 2.00 bits per heavy atom. The van der Waals surface area contributed by atoms with Crippen LogP contribution in [0.3, 0.4) is 0 Å². The fourth-order valence-corrected chi connectivity index (χ4v) is 1.40. The molecule has 0 radical (unpaired) electrons. The van der Waals surface area contributed by atoms with Crippen LogP contribution < -0.4 is 9.47 Å². The number of alkyl halides is 1. The van der Waals surface area contributed by atoms with Gasteiger partial charge in [0, 0.05) is 0 Å². The molecule has 0 saturated heterocycles. The first-order chi connectivity index (χ1) is 6.24. The zero-order valence-electron chi connectivity index (χ0n) is 7.50. The number of phenolic OH excluding ortho intramolecular Hbond substituents is 1. The quantitative estimate of drug-likeness (QED) is 0.764. The highest BCUT2D eigenvalue weighted by Crippen LogP contribution is 2.37. The summed E-state index contributed by atoms with van der Waals surface area (Å²) in [7, 11) is 3.02. The smallest absolute Gasteiger partial charge is 0.168 e. The maximum Gasteiger partial charge on any atom is 0.168 e. The first-order valence-electron chi connectivity index (χ1n) is 3.73. The molecular weight excluding hydrogens is 192 g/mol. The van der Waals surface area contributed by atoms with Crippen molar-refractivity contribution in [2.24, 2.45) is 0 Å². The van der Waals surface area contributed by atoms with Crippen molar-refractivity contribution in [2.45, 2.75) is 5.88 Å². The Labute approximate surface area is 81.9 Å². The van der Waals surface area contributed by atoms with Gasteiger partial charge < -0.3 is 14.6 Å². The minimum Gasteiger partial charge on any atom is -0.504 e. The van der Waals surface area contributed by atoms with Crippen LogP contribution in [0.15, 0.2) is 12.1 Å². The van der Waals surface area contributed by atoms with Gasteiger partial charge in [0.2, 0.25) is 0 Å². The molecule has 1 aromatic rings. The lowest BCUT2D eigenvalue weighted by atomic mass is 10.2. The zero-order valence-corrected chi connectivity index (χ0v) is 8.26. The highest BCUT2D eigenvalue weighted by Gasteiger charge is 2.12. The van der Waals surface area contributed by atoms with Gasteiger partial charge in [-0.2, -0.15) is 0 Å². The lowest BCUT2D eigenvalue weighted by Gasteiger charge is -2.11. The third kappa shape index (κ3) is 1.80. The molecule has 0 unspecified atom stereocenters. The second kappa shape index (κ2) is 4.23. The van der Waals surface area contributed by atoms with E-state index in [9.17, 15) is 5.11 Å². The maximum absolute atomic E-state index is 9.40. The molecule has 1 rings (SSSR count). The first-order valence-corrected chi connectivity index (χ1v) is 4.26. The van der Waals surface area contributed by atoms with Gasteiger partial charge in [-0.15, -0.1) is 11.6 Å². The molecule has 0 aliphatic rings. The van der Waals surface area contributed by atoms with Crippen LogP contribution in [-0.4, -0.2) is 19.3 Å². The van der Waals surface area contributed by atoms with E-state index in [0.717, 1.165) is 0 Å². The third-order valence-corrected chi connectivity index (χ3v) is 2.02. The van der Waals surface area contributed by atoms with E-state index in [1.807, 2.05) is 0 Å². The van der Waals surface area contributed by atoms with Crippen LogP contribution in [0.2, 0.25) is 0 Å². The molecule has 72 valence electrons. The van der Waals surface area contributed by atoms with E-state index in [1.54, 1.807) is 13.2 Å². The number of phenols is 1. The molecule has 0 spiro atoms. The number of benzene rings is 1. The molecule has 4 heteroatoms. The number of rotatable bonds is 3. The van der Waals surface area contributed by atoms with Gasteiger partial charge in [-0.3, -0.25) is 0 Å². The van der Waals surface area contributed by atoms with Crippen LogP contribution in [0.5, 0.6) is 17.2 Å². The number of aromatic hydroxyl groups is 1. The number of hydrogen-bond acceptors (Lipinski definition) is 3. The lowest BCUT2D eigenvalue weighted by Crippen LogP contribution is -1.94. The minimum absolute atomic E-state index is 0.0685. The van der Waals surface area contributed by atoms with Gasteiger partial charge in [0.05, 0.1) is 25.7 Å². The Balaban J connectivity index is 3.27. The summed E-state index contributed by atoms with van der Waals surface area (Å²) in [4.78, 5) is 0. The summed E-state index contributed by atoms with van der Waals surface area (Å²) in [6, 6.07) is 3.16. The van der Waals surface area contributed by atoms with Crippen molar-refractivity contribution in [1.29, 1.82) is 0 Å². The summed E-state index contributed by atoms with van der Waals surface area (Å²) in [6.07, 6.45) is 0. The second-order valence-corrected chi connectivity index (χ2v) is 2.70. The molecule has 0 bridgehead atoms. The van der Waals surface area contributed by atoms with Crippen molar-refractivity contribution >= 4 is 11.6 Å². The number of ether oxygens (including phenoxy) is 2. The van der Waals surface area contributed by atoms with Gasteiger partial charge >= 0.3 is 0 Å². The summed E-state index contributed by atoms with van der Waals surface area (Å²) in [5.74, 6) is 1.29. The van der Waals surface area contributed by atoms with Crippen LogP contribution in [0, 0.1) is 0 Å². The van der Waals surface area contributed by atoms with E-state index >= 15 is 0 Å². The van der Waals surface area contributed by atoms with Crippen LogP contribution in [0.1, 0.15) is 5.56 Å². The average Bonchev–Trinajstić information content (AvgIpc) is 2.17. The fraction of sp³-hybridized carbons (Fsp3) is 0.333. The number of hydrogen-bond donors (Lipinski definition) is 1. The molecule has 0 aliphatic heterocycles. The van der Waals surface area contributed by atoms with Gasteiger partial charge in [0.1, 0.15) is 5.75 Å². The molecule has 0 heterocycles. The minimum atomic E-state index is 0.0685. The van der Waals surface area contributed by atoms with E-state index < -0.39 is 0 Å². The molecule has 0 fully saturated rings. The third-order valence-electron chi connectivity index (χ3n) is 1.75. The molecule has 0 aliphatic carbocycles. The van der Waals surface area contributed by atoms with E-state index in [0.29, 0.717) is 17.1 Å². The normalized spacial score (nSPS) is 9.77. The zero-order chi connectivity index (χ0) is 9.84. The van der Waals surface area contributed by atoms with E-state index in [2.05, 4.69) is 0 Å². The molecule has 1 aromatic carbocycles. The summed E-state index contributed by atoms with van der Waals surface area (Å²) in [5, 5.41) is 9.40. The first kappa shape index (κ1) is 9.99. The van der Waals surface area contributed by atoms with Crippen molar-refractivity contribution in [2.75, 3.05) is 14.2 Å². The van der Waals surface area contributed by atoms with E-state index in [4.69, 9.17) is 21.1 Å². The molecule has 0 atom stereocenters. The van der Waals surface area contributed by atoms with E-state index in [1.165, 1.54) is 13.2 Å². The Bertz CT molecular complexity index is 299. The second-order valence-electron chi connectivity index (χ2n) is 2.43. The number of methoxy groups -OCH3 is 2. The van der Waals surface area contributed by atoms with Crippen molar-refractivity contribution in [3.63, 3.8) is 0 Å². The van der Waals surface area contributed by atoms with Crippen LogP contribution in [0.4, 0.5) is 0 Å². The Morgan fingerprint density at radius 1 is 1.31 bits per heavy atom. The number of halogens is 1. The Morgan fingerprint density at radius 3 is 2.46 bits per heavy atom. The van der Waals surface area contributed by atoms with E-state index in [-0.39, 0.29) is 11.6 Å². The SMILES string of the molecule is COc1ccc(O)c(OC)c1CCl. The van der Waals surface area contributed by atoms with Crippen LogP contribution in [0.25, 0.3) is 0 Å². The van der Waals surface area contributed by atoms with Crippen molar-refractivity contribution in [1.82, 2.24) is 0 Å². The summed E-state index contributed by atoms with van der Waals surface area (Å²) < 4.78 is 10.1. The largest absolute Gasteiger partial charge is 0.504 e. The Hall–Kier alpha value is -1.09. The molecule has 0 amide bonds. The van der Waals surface area contributed by atoms with Crippen molar-refractivity contribution in [3.8, 4) is 17.2 Å². The van der Waals surface area contributed by atoms with Gasteiger partial charge in [-0.05, 0) is 12.1 Å². The summed E-state index contributed by atoms with van der Waals surface area (Å²) >= 11 is 5.70. The molecule has 13 heavy (non-hydrogen) atoms. The summed E-state index contributed by atoms with van der Waals surface area (Å²) in [5.41, 5.74) is 0.659. The standard InChI is InChI=1S/C9H11ClO3/c1-12-8-4-3-7(11)9(13-2)6(8)5-10/h3-4,11H,5H2,1-2H3. The molecule has 3 nitrogen and oxygen atoms in total. The molecule has 0 aromatic heterocycles. The van der Waals surface area contributed by atoms with Gasteiger partial charge in [0.25, 0.3) is 0 Å². The Kier molecular flexibility index (Phi) is 3.25. The van der Waals surface area contributed by atoms with Crippen molar-refractivity contribution in [3.05, 3.63) is 17.7 Å². The molecule has 0 saturated carbocycles. The van der Waals surface area contributed by atoms with Crippen LogP contribution >= 0.6 is 11.6 Å². The highest BCUT2D eigenvalue weighted by molar-refractivity contribution is 6.17. The van der Waals surface area contributed by atoms with Gasteiger partial charge in [0.15, 0.2) is 11.5 Å². The van der Waals surface area contributed by atoms with Crippen LogP contribution in [-0.2, 0) is 5.88 Å². The van der Waals surface area contributed by atoms with Crippen molar-refractivity contribution < 1.29 is 14.6 Å². The topological polar surface area (TPSA) is 38.7 Å². The van der Waals surface area contributed by atoms with Gasteiger partial charge in [-0.25, -0.2) is 0 Å². The molecule has 1 N–H and O–H groups in total. The summed E-state index contributed by atoms with van der Waals surface area (Å²) in [6.45, 7) is 0. The maximum atomic E-state index is 9.40. The monoisotopic (exact) mass is 202 g/mol. The molecular formula is C9H11ClO3. The average molecular weight is 203 g/mol. The van der Waals surface area contributed by atoms with Gasteiger partial charge in [-0.1, -0.05) is 0 Å².